The Hall–Kier alpha value is -1.77. The van der Waals surface area contributed by atoms with E-state index in [2.05, 4.69) is 10.4 Å². The summed E-state index contributed by atoms with van der Waals surface area (Å²) >= 11 is 0. The van der Waals surface area contributed by atoms with Crippen LogP contribution in [0.5, 0.6) is 0 Å². The van der Waals surface area contributed by atoms with Crippen molar-refractivity contribution < 1.29 is 23.1 Å². The highest BCUT2D eigenvalue weighted by atomic mass is 19.4. The van der Waals surface area contributed by atoms with Crippen molar-refractivity contribution in [3.63, 3.8) is 0 Å². The number of amides is 2. The van der Waals surface area contributed by atoms with Gasteiger partial charge < -0.3 is 15.3 Å². The molecule has 1 fully saturated rings. The van der Waals surface area contributed by atoms with Crippen LogP contribution in [0.3, 0.4) is 0 Å². The van der Waals surface area contributed by atoms with E-state index < -0.39 is 24.0 Å². The van der Waals surface area contributed by atoms with Crippen molar-refractivity contribution in [2.45, 2.75) is 44.5 Å². The average Bonchev–Trinajstić information content (AvgIpc) is 2.88. The highest BCUT2D eigenvalue weighted by Gasteiger charge is 2.37. The molecule has 0 aliphatic heterocycles. The van der Waals surface area contributed by atoms with Crippen LogP contribution < -0.4 is 5.32 Å². The number of aliphatic hydroxyl groups excluding tert-OH is 1. The summed E-state index contributed by atoms with van der Waals surface area (Å²) in [4.78, 5) is 13.5. The summed E-state index contributed by atoms with van der Waals surface area (Å²) in [6, 6.07) is -0.468. The van der Waals surface area contributed by atoms with Gasteiger partial charge in [-0.3, -0.25) is 4.68 Å². The van der Waals surface area contributed by atoms with Gasteiger partial charge in [0.05, 0.1) is 6.10 Å². The molecular formula is C15H23F3N4O2. The van der Waals surface area contributed by atoms with Crippen molar-refractivity contribution in [2.75, 3.05) is 13.6 Å². The van der Waals surface area contributed by atoms with Crippen molar-refractivity contribution in [3.05, 3.63) is 17.5 Å². The number of nitrogens with zero attached hydrogens (tertiary/aromatic N) is 3. The highest BCUT2D eigenvalue weighted by Crippen LogP contribution is 2.30. The molecule has 0 aromatic carbocycles. The maximum Gasteiger partial charge on any atom is 0.435 e. The van der Waals surface area contributed by atoms with Gasteiger partial charge in [-0.25, -0.2) is 4.79 Å². The lowest BCUT2D eigenvalue weighted by atomic mass is 9.86. The van der Waals surface area contributed by atoms with E-state index in [1.165, 1.54) is 18.1 Å². The van der Waals surface area contributed by atoms with Crippen LogP contribution in [-0.2, 0) is 19.8 Å². The van der Waals surface area contributed by atoms with Crippen LogP contribution in [0.2, 0.25) is 0 Å². The van der Waals surface area contributed by atoms with Crippen molar-refractivity contribution >= 4 is 6.03 Å². The number of urea groups is 1. The zero-order valence-electron chi connectivity index (χ0n) is 13.8. The molecule has 0 spiro atoms. The molecule has 0 bridgehead atoms. The van der Waals surface area contributed by atoms with E-state index in [0.29, 0.717) is 6.54 Å². The number of alkyl halides is 3. The van der Waals surface area contributed by atoms with Gasteiger partial charge in [0.15, 0.2) is 5.69 Å². The van der Waals surface area contributed by atoms with Crippen LogP contribution in [0.4, 0.5) is 18.0 Å². The standard InChI is InChI=1S/C15H23F3N4O2/c1-21(8-10-5-3-4-6-12(10)23)14(24)19-7-11-9-22(2)20-13(11)15(16,17)18/h9-10,12,23H,3-8H2,1-2H3,(H,19,24)/t10-,12-/m1/s1. The predicted octanol–water partition coefficient (Wildman–Crippen LogP) is 2.13. The van der Waals surface area contributed by atoms with Crippen molar-refractivity contribution in [1.29, 1.82) is 0 Å². The van der Waals surface area contributed by atoms with Crippen LogP contribution in [0.1, 0.15) is 36.9 Å². The lowest BCUT2D eigenvalue weighted by Gasteiger charge is -2.31. The normalized spacial score (nSPS) is 21.6. The van der Waals surface area contributed by atoms with E-state index >= 15 is 0 Å². The number of carbonyl (C=O) groups is 1. The first-order valence-electron chi connectivity index (χ1n) is 7.95. The summed E-state index contributed by atoms with van der Waals surface area (Å²) in [5.41, 5.74) is -1.07. The van der Waals surface area contributed by atoms with Crippen molar-refractivity contribution in [2.24, 2.45) is 13.0 Å². The summed E-state index contributed by atoms with van der Waals surface area (Å²) < 4.78 is 39.7. The zero-order valence-corrected chi connectivity index (χ0v) is 13.8. The Kier molecular flexibility index (Phi) is 5.74. The first-order chi connectivity index (χ1) is 11.2. The second-order valence-corrected chi connectivity index (χ2v) is 6.33. The van der Waals surface area contributed by atoms with Crippen LogP contribution in [0, 0.1) is 5.92 Å². The minimum Gasteiger partial charge on any atom is -0.393 e. The Morgan fingerprint density at radius 3 is 2.75 bits per heavy atom. The van der Waals surface area contributed by atoms with E-state index in [9.17, 15) is 23.1 Å². The smallest absolute Gasteiger partial charge is 0.393 e. The van der Waals surface area contributed by atoms with E-state index in [1.54, 1.807) is 7.05 Å². The van der Waals surface area contributed by atoms with E-state index in [1.807, 2.05) is 0 Å². The highest BCUT2D eigenvalue weighted by molar-refractivity contribution is 5.73. The number of aryl methyl sites for hydroxylation is 1. The number of aromatic nitrogens is 2. The number of rotatable bonds is 4. The number of aliphatic hydroxyl groups is 1. The van der Waals surface area contributed by atoms with Gasteiger partial charge in [0, 0.05) is 44.9 Å². The fourth-order valence-corrected chi connectivity index (χ4v) is 3.05. The van der Waals surface area contributed by atoms with Crippen LogP contribution in [0.25, 0.3) is 0 Å². The molecule has 0 saturated heterocycles. The number of halogens is 3. The molecule has 9 heteroatoms. The Balaban J connectivity index is 1.91. The molecule has 1 aliphatic rings. The zero-order chi connectivity index (χ0) is 17.9. The maximum atomic E-state index is 12.9. The van der Waals surface area contributed by atoms with Crippen LogP contribution in [-0.4, -0.2) is 45.5 Å². The molecular weight excluding hydrogens is 325 g/mol. The van der Waals surface area contributed by atoms with Gasteiger partial charge in [0.25, 0.3) is 0 Å². The summed E-state index contributed by atoms with van der Waals surface area (Å²) in [6.45, 7) is 0.130. The van der Waals surface area contributed by atoms with Gasteiger partial charge in [-0.2, -0.15) is 18.3 Å². The predicted molar refractivity (Wildman–Crippen MR) is 81.0 cm³/mol. The molecule has 1 saturated carbocycles. The summed E-state index contributed by atoms with van der Waals surface area (Å²) in [5, 5.41) is 15.8. The topological polar surface area (TPSA) is 70.4 Å². The molecule has 1 heterocycles. The van der Waals surface area contributed by atoms with E-state index in [4.69, 9.17) is 0 Å². The van der Waals surface area contributed by atoms with E-state index in [-0.39, 0.29) is 18.0 Å². The average molecular weight is 348 g/mol. The SMILES string of the molecule is CN(C[C@H]1CCCC[C@H]1O)C(=O)NCc1cn(C)nc1C(F)(F)F. The Morgan fingerprint density at radius 2 is 2.12 bits per heavy atom. The fourth-order valence-electron chi connectivity index (χ4n) is 3.05. The lowest BCUT2D eigenvalue weighted by molar-refractivity contribution is -0.142. The lowest BCUT2D eigenvalue weighted by Crippen LogP contribution is -2.42. The van der Waals surface area contributed by atoms with Gasteiger partial charge in [-0.1, -0.05) is 12.8 Å². The molecule has 136 valence electrons. The molecule has 2 amide bonds. The van der Waals surface area contributed by atoms with E-state index in [0.717, 1.165) is 30.4 Å². The third-order valence-corrected chi connectivity index (χ3v) is 4.33. The second-order valence-electron chi connectivity index (χ2n) is 6.33. The van der Waals surface area contributed by atoms with Crippen LogP contribution >= 0.6 is 0 Å². The number of hydrogen-bond donors (Lipinski definition) is 2. The third-order valence-electron chi connectivity index (χ3n) is 4.33. The molecule has 2 N–H and O–H groups in total. The molecule has 2 atom stereocenters. The molecule has 1 aromatic rings. The number of hydrogen-bond acceptors (Lipinski definition) is 3. The summed E-state index contributed by atoms with van der Waals surface area (Å²) in [5.74, 6) is 0.0126. The van der Waals surface area contributed by atoms with Crippen LogP contribution in [0.15, 0.2) is 6.20 Å². The minimum atomic E-state index is -4.56. The van der Waals surface area contributed by atoms with Gasteiger partial charge in [0.1, 0.15) is 0 Å². The Bertz CT molecular complexity index is 574. The largest absolute Gasteiger partial charge is 0.435 e. The molecule has 1 aromatic heterocycles. The molecule has 24 heavy (non-hydrogen) atoms. The summed E-state index contributed by atoms with van der Waals surface area (Å²) in [6.07, 6.45) is -0.168. The van der Waals surface area contributed by atoms with Crippen molar-refractivity contribution in [1.82, 2.24) is 20.0 Å². The molecule has 0 radical (unpaired) electrons. The van der Waals surface area contributed by atoms with Gasteiger partial charge in [0.2, 0.25) is 0 Å². The number of nitrogens with one attached hydrogen (secondary N) is 1. The fraction of sp³-hybridized carbons (Fsp3) is 0.733. The van der Waals surface area contributed by atoms with Crippen molar-refractivity contribution in [3.8, 4) is 0 Å². The monoisotopic (exact) mass is 348 g/mol. The molecule has 1 aliphatic carbocycles. The van der Waals surface area contributed by atoms with Gasteiger partial charge >= 0.3 is 12.2 Å². The maximum absolute atomic E-state index is 12.9. The van der Waals surface area contributed by atoms with Gasteiger partial charge in [-0.05, 0) is 12.8 Å². The third kappa shape index (κ3) is 4.62. The molecule has 2 rings (SSSR count). The Morgan fingerprint density at radius 1 is 1.46 bits per heavy atom. The first kappa shape index (κ1) is 18.6. The minimum absolute atomic E-state index is 0.0126. The summed E-state index contributed by atoms with van der Waals surface area (Å²) in [7, 11) is 2.97. The first-order valence-corrected chi connectivity index (χ1v) is 7.95. The van der Waals surface area contributed by atoms with Gasteiger partial charge in [-0.15, -0.1) is 0 Å². The molecule has 6 nitrogen and oxygen atoms in total. The number of carbonyl (C=O) groups excluding carboxylic acids is 1. The second kappa shape index (κ2) is 7.42. The molecule has 0 unspecified atom stereocenters. The quantitative estimate of drug-likeness (QED) is 0.876. The Labute approximate surface area is 138 Å².